The van der Waals surface area contributed by atoms with E-state index in [2.05, 4.69) is 0 Å². The number of ketones is 1. The van der Waals surface area contributed by atoms with E-state index in [1.165, 1.54) is 49.6 Å². The predicted octanol–water partition coefficient (Wildman–Crippen LogP) is 4.61. The van der Waals surface area contributed by atoms with Crippen LogP contribution >= 0.6 is 0 Å². The number of hydrogen-bond donors (Lipinski definition) is 0. The molecule has 0 unspecified atom stereocenters. The zero-order valence-corrected chi connectivity index (χ0v) is 21.9. The molecule has 31 heavy (non-hydrogen) atoms. The van der Waals surface area contributed by atoms with E-state index in [-0.39, 0.29) is 32.1 Å². The van der Waals surface area contributed by atoms with Gasteiger partial charge in [-0.25, -0.2) is 0 Å². The summed E-state index contributed by atoms with van der Waals surface area (Å²) in [5.41, 5.74) is -2.36. The molecule has 0 spiro atoms. The summed E-state index contributed by atoms with van der Waals surface area (Å²) in [4.78, 5) is 12.5. The Morgan fingerprint density at radius 2 is 1.00 bits per heavy atom. The van der Waals surface area contributed by atoms with Crippen molar-refractivity contribution < 1.29 is 44.5 Å². The summed E-state index contributed by atoms with van der Waals surface area (Å²) in [5, 5.41) is 0. The van der Waals surface area contributed by atoms with Crippen LogP contribution in [0.2, 0.25) is 12.1 Å². The van der Waals surface area contributed by atoms with Gasteiger partial charge in [0, 0.05) is 61.2 Å². The first-order valence-corrected chi connectivity index (χ1v) is 14.3. The lowest BCUT2D eigenvalue weighted by Gasteiger charge is -2.35. The van der Waals surface area contributed by atoms with Gasteiger partial charge in [0.25, 0.3) is 0 Å². The van der Waals surface area contributed by atoms with Crippen molar-refractivity contribution in [2.24, 2.45) is 5.41 Å². The van der Waals surface area contributed by atoms with Gasteiger partial charge in [-0.15, -0.1) is 0 Å². The molecule has 0 bridgehead atoms. The van der Waals surface area contributed by atoms with Crippen molar-refractivity contribution in [3.63, 3.8) is 0 Å². The van der Waals surface area contributed by atoms with E-state index in [0.717, 1.165) is 0 Å². The molecule has 0 N–H and O–H groups in total. The van der Waals surface area contributed by atoms with E-state index in [1.807, 2.05) is 0 Å². The Hall–Kier alpha value is -0.346. The van der Waals surface area contributed by atoms with Gasteiger partial charge >= 0.3 is 23.8 Å². The standard InChI is InChI=1S/C19H39F3O7Si2/c1-8-17(23)18(19(20,21)22,13-9-11-15-30(24-2,25-3)26-4)14-10-12-16-31(27-5,28-6)29-7/h8-16H2,1-7H3. The van der Waals surface area contributed by atoms with Crippen molar-refractivity contribution in [2.75, 3.05) is 42.7 Å². The largest absolute Gasteiger partial charge is 0.500 e. The van der Waals surface area contributed by atoms with Gasteiger partial charge < -0.3 is 26.6 Å². The van der Waals surface area contributed by atoms with Crippen LogP contribution in [0.25, 0.3) is 0 Å². The van der Waals surface area contributed by atoms with E-state index >= 15 is 0 Å². The summed E-state index contributed by atoms with van der Waals surface area (Å²) in [5.74, 6) is -0.775. The molecule has 0 aliphatic carbocycles. The smallest absolute Gasteiger partial charge is 0.377 e. The van der Waals surface area contributed by atoms with Crippen molar-refractivity contribution in [2.45, 2.75) is 70.1 Å². The molecule has 0 fully saturated rings. The molecule has 0 radical (unpaired) electrons. The number of hydrogen-bond acceptors (Lipinski definition) is 7. The molecule has 0 heterocycles. The Balaban J connectivity index is 5.26. The van der Waals surface area contributed by atoms with E-state index in [4.69, 9.17) is 26.6 Å². The molecule has 12 heteroatoms. The summed E-state index contributed by atoms with van der Waals surface area (Å²) in [6.45, 7) is 1.47. The molecule has 7 nitrogen and oxygen atoms in total. The molecule has 0 saturated heterocycles. The van der Waals surface area contributed by atoms with Gasteiger partial charge in [-0.05, 0) is 25.7 Å². The first-order chi connectivity index (χ1) is 14.5. The second-order valence-electron chi connectivity index (χ2n) is 7.36. The quantitative estimate of drug-likeness (QED) is 0.204. The first kappa shape index (κ1) is 30.7. The third-order valence-corrected chi connectivity index (χ3v) is 11.6. The molecule has 0 aliphatic rings. The van der Waals surface area contributed by atoms with Crippen LogP contribution in [0.1, 0.15) is 51.9 Å². The molecular formula is C19H39F3O7Si2. The summed E-state index contributed by atoms with van der Waals surface area (Å²) in [6.07, 6.45) is -4.10. The van der Waals surface area contributed by atoms with Crippen molar-refractivity contribution in [3.05, 3.63) is 0 Å². The van der Waals surface area contributed by atoms with Crippen LogP contribution in [0, 0.1) is 5.41 Å². The van der Waals surface area contributed by atoms with Gasteiger partial charge in [0.15, 0.2) is 0 Å². The minimum Gasteiger partial charge on any atom is -0.377 e. The number of alkyl halides is 3. The Labute approximate surface area is 186 Å². The van der Waals surface area contributed by atoms with Gasteiger partial charge in [-0.1, -0.05) is 19.8 Å². The zero-order valence-electron chi connectivity index (χ0n) is 19.9. The topological polar surface area (TPSA) is 72.5 Å². The van der Waals surface area contributed by atoms with Crippen molar-refractivity contribution in [1.82, 2.24) is 0 Å². The average molecular weight is 493 g/mol. The second kappa shape index (κ2) is 14.0. The maximum atomic E-state index is 14.2. The van der Waals surface area contributed by atoms with Crippen LogP contribution < -0.4 is 0 Å². The molecule has 0 amide bonds. The highest BCUT2D eigenvalue weighted by Crippen LogP contribution is 2.48. The summed E-state index contributed by atoms with van der Waals surface area (Å²) >= 11 is 0. The van der Waals surface area contributed by atoms with Gasteiger partial charge in [0.2, 0.25) is 0 Å². The summed E-state index contributed by atoms with van der Waals surface area (Å²) in [7, 11) is 3.04. The van der Waals surface area contributed by atoms with Crippen LogP contribution in [0.5, 0.6) is 0 Å². The monoisotopic (exact) mass is 492 g/mol. The molecular weight excluding hydrogens is 453 g/mol. The highest BCUT2D eigenvalue weighted by atomic mass is 28.4. The van der Waals surface area contributed by atoms with Crippen molar-refractivity contribution >= 4 is 23.4 Å². The molecule has 0 aliphatic heterocycles. The molecule has 0 aromatic rings. The minimum absolute atomic E-state index is 0.167. The second-order valence-corrected chi connectivity index (χ2v) is 13.5. The molecule has 186 valence electrons. The van der Waals surface area contributed by atoms with E-state index in [9.17, 15) is 18.0 Å². The highest BCUT2D eigenvalue weighted by Gasteiger charge is 2.57. The highest BCUT2D eigenvalue weighted by molar-refractivity contribution is 6.60. The van der Waals surface area contributed by atoms with Crippen LogP contribution in [0.15, 0.2) is 0 Å². The van der Waals surface area contributed by atoms with Gasteiger partial charge in [0.05, 0.1) is 0 Å². The average Bonchev–Trinajstić information content (AvgIpc) is 2.77. The van der Waals surface area contributed by atoms with Crippen molar-refractivity contribution in [3.8, 4) is 0 Å². The lowest BCUT2D eigenvalue weighted by atomic mass is 9.73. The zero-order chi connectivity index (χ0) is 24.2. The Morgan fingerprint density at radius 3 is 1.23 bits per heavy atom. The van der Waals surface area contributed by atoms with Crippen LogP contribution in [-0.2, 0) is 31.4 Å². The Kier molecular flexibility index (Phi) is 13.9. The molecule has 0 aromatic heterocycles. The van der Waals surface area contributed by atoms with E-state index in [0.29, 0.717) is 24.9 Å². The van der Waals surface area contributed by atoms with E-state index < -0.39 is 35.0 Å². The molecule has 0 atom stereocenters. The molecule has 0 aromatic carbocycles. The summed E-state index contributed by atoms with van der Waals surface area (Å²) < 4.78 is 74.5. The maximum Gasteiger partial charge on any atom is 0.500 e. The van der Waals surface area contributed by atoms with E-state index in [1.54, 1.807) is 0 Å². The number of halogens is 3. The minimum atomic E-state index is -4.63. The Bertz CT molecular complexity index is 469. The lowest BCUT2D eigenvalue weighted by molar-refractivity contribution is -0.225. The third-order valence-electron chi connectivity index (χ3n) is 5.94. The van der Waals surface area contributed by atoms with Crippen molar-refractivity contribution in [1.29, 1.82) is 0 Å². The SMILES string of the molecule is CCC(=O)C(CCCC[Si](OC)(OC)OC)(CCCC[Si](OC)(OC)OC)C(F)(F)F. The fraction of sp³-hybridized carbons (Fsp3) is 0.947. The molecule has 0 saturated carbocycles. The fourth-order valence-corrected chi connectivity index (χ4v) is 7.42. The Morgan fingerprint density at radius 1 is 0.677 bits per heavy atom. The first-order valence-electron chi connectivity index (χ1n) is 10.4. The van der Waals surface area contributed by atoms with Gasteiger partial charge in [-0.3, -0.25) is 4.79 Å². The number of carbonyl (C=O) groups excluding carboxylic acids is 1. The van der Waals surface area contributed by atoms with Crippen LogP contribution in [0.3, 0.4) is 0 Å². The van der Waals surface area contributed by atoms with Gasteiger partial charge in [-0.2, -0.15) is 13.2 Å². The fourth-order valence-electron chi connectivity index (χ4n) is 3.83. The molecule has 0 rings (SSSR count). The number of unbranched alkanes of at least 4 members (excludes halogenated alkanes) is 2. The normalized spacial score (nSPS) is 13.6. The number of carbonyl (C=O) groups is 1. The number of Topliss-reactive ketones (excluding diaryl/α,β-unsaturated/α-hetero) is 1. The van der Waals surface area contributed by atoms with Gasteiger partial charge in [0.1, 0.15) is 11.2 Å². The number of rotatable bonds is 18. The van der Waals surface area contributed by atoms with Crippen LogP contribution in [0.4, 0.5) is 13.2 Å². The maximum absolute atomic E-state index is 14.2. The van der Waals surface area contributed by atoms with Crippen LogP contribution in [-0.4, -0.2) is 72.2 Å². The predicted molar refractivity (Wildman–Crippen MR) is 115 cm³/mol. The third kappa shape index (κ3) is 8.18. The summed E-state index contributed by atoms with van der Waals surface area (Å²) in [6, 6.07) is 0.767. The lowest BCUT2D eigenvalue weighted by Crippen LogP contribution is -2.46.